The Morgan fingerprint density at radius 1 is 0.410 bits per heavy atom. The molecule has 2 aromatic rings. The highest BCUT2D eigenvalue weighted by Gasteiger charge is 2.30. The van der Waals surface area contributed by atoms with Crippen LogP contribution in [-0.2, 0) is 132 Å². The summed E-state index contributed by atoms with van der Waals surface area (Å²) in [5.41, 5.74) is -0.996. The Morgan fingerprint density at radius 2 is 0.720 bits per heavy atom. The molecule has 554 valence electrons. The second-order valence-electron chi connectivity index (χ2n) is 21.0. The van der Waals surface area contributed by atoms with Crippen molar-refractivity contribution in [2.45, 2.75) is 132 Å². The fourth-order valence-corrected chi connectivity index (χ4v) is 7.11. The number of ether oxygens (including phenoxy) is 13. The van der Waals surface area contributed by atoms with Gasteiger partial charge in [0.05, 0.1) is 45.4 Å². The van der Waals surface area contributed by atoms with Crippen molar-refractivity contribution in [2.75, 3.05) is 59.5 Å². The minimum absolute atomic E-state index is 0.0669. The first-order valence-corrected chi connectivity index (χ1v) is 32.8. The van der Waals surface area contributed by atoms with Gasteiger partial charge in [-0.2, -0.15) is 0 Å². The molecule has 1 atom stereocenters. The molecule has 1 aliphatic heterocycles. The van der Waals surface area contributed by atoms with Crippen LogP contribution < -0.4 is 0 Å². The summed E-state index contributed by atoms with van der Waals surface area (Å²) in [6, 6.07) is 18.4. The van der Waals surface area contributed by atoms with Gasteiger partial charge in [0.15, 0.2) is 0 Å². The minimum atomic E-state index is -1.79. The summed E-state index contributed by atoms with van der Waals surface area (Å²) < 4.78 is 58.5. The molecule has 4 rings (SSSR count). The minimum Gasteiger partial charge on any atom is -0.462 e. The molecular formula is C69H86Cl6O25. The van der Waals surface area contributed by atoms with Gasteiger partial charge in [-0.05, 0) is 97.6 Å². The molecule has 2 aliphatic rings. The molecule has 0 bridgehead atoms. The molecule has 25 nitrogen and oxygen atoms in total. The van der Waals surface area contributed by atoms with Gasteiger partial charge in [0.1, 0.15) is 72.1 Å². The van der Waals surface area contributed by atoms with Gasteiger partial charge < -0.3 is 61.6 Å². The van der Waals surface area contributed by atoms with Crippen LogP contribution in [0.2, 0.25) is 0 Å². The smallest absolute Gasteiger partial charge is 0.349 e. The number of benzene rings is 2. The van der Waals surface area contributed by atoms with Crippen LogP contribution in [0.25, 0.3) is 0 Å². The molecule has 1 unspecified atom stereocenters. The second-order valence-corrected chi connectivity index (χ2v) is 26.1. The van der Waals surface area contributed by atoms with Crippen molar-refractivity contribution in [3.63, 3.8) is 0 Å². The van der Waals surface area contributed by atoms with Gasteiger partial charge in [0.25, 0.3) is 0 Å². The van der Waals surface area contributed by atoms with Gasteiger partial charge in [-0.15, -0.1) is 0 Å². The van der Waals surface area contributed by atoms with E-state index in [1.54, 1.807) is 48.5 Å². The molecule has 100 heavy (non-hydrogen) atoms. The number of halogens is 6. The number of hydrogen-bond donors (Lipinski definition) is 0. The van der Waals surface area contributed by atoms with Crippen molar-refractivity contribution in [1.82, 2.24) is 0 Å². The Labute approximate surface area is 612 Å². The van der Waals surface area contributed by atoms with E-state index in [1.807, 2.05) is 60.7 Å². The molecule has 2 fully saturated rings. The monoisotopic (exact) mass is 1520 g/mol. The lowest BCUT2D eigenvalue weighted by Gasteiger charge is -2.22. The average Bonchev–Trinajstić information content (AvgIpc) is 1.04. The van der Waals surface area contributed by atoms with Gasteiger partial charge in [-0.1, -0.05) is 196 Å². The number of alkyl halides is 6. The fraction of sp³-hybridized carbons (Fsp3) is 0.449. The van der Waals surface area contributed by atoms with E-state index in [2.05, 4.69) is 79.2 Å². The van der Waals surface area contributed by atoms with E-state index in [1.165, 1.54) is 19.3 Å². The zero-order valence-corrected chi connectivity index (χ0v) is 61.4. The number of carbonyl (C=O) groups is 12. The molecule has 0 spiro atoms. The number of rotatable bonds is 27. The molecule has 1 aliphatic carbocycles. The van der Waals surface area contributed by atoms with E-state index in [-0.39, 0.29) is 80.2 Å². The van der Waals surface area contributed by atoms with Crippen molar-refractivity contribution in [1.29, 1.82) is 0 Å². The lowest BCUT2D eigenvalue weighted by molar-refractivity contribution is -0.155. The zero-order valence-electron chi connectivity index (χ0n) is 56.9. The molecule has 0 aromatic heterocycles. The number of carbonyl (C=O) groups excluding carboxylic acids is 12. The Kier molecular flexibility index (Phi) is 48.9. The lowest BCUT2D eigenvalue weighted by Crippen LogP contribution is -2.27. The van der Waals surface area contributed by atoms with Crippen molar-refractivity contribution >= 4 is 141 Å². The summed E-state index contributed by atoms with van der Waals surface area (Å²) in [5, 5.41) is 0. The van der Waals surface area contributed by atoms with Crippen molar-refractivity contribution < 1.29 is 119 Å². The summed E-state index contributed by atoms with van der Waals surface area (Å²) in [4.78, 5) is 135. The first kappa shape index (κ1) is 94.0. The highest BCUT2D eigenvalue weighted by atomic mass is 35.6. The van der Waals surface area contributed by atoms with Crippen LogP contribution in [0.1, 0.15) is 111 Å². The van der Waals surface area contributed by atoms with E-state index >= 15 is 0 Å². The Bertz CT molecular complexity index is 2930. The Morgan fingerprint density at radius 3 is 1.04 bits per heavy atom. The SMILES string of the molecule is C=C(C(=O)OCC(Cl)(Cl)Cl)C(=O)OCC(Cl)(Cl)Cl.C=C(C(=O)OCC)C(=O)OC(C)(C)C.C=C(C(=O)OCC)C(=O)OCC1CCCCC1.C=C(C(=O)OCC)C(=O)OCC1CCCCO1.C=C(C(=O)OCc1ccccc1)C(=O)OCc1ccccc1.C=COC(=O)C(=C)C(=O)OCC. The summed E-state index contributed by atoms with van der Waals surface area (Å²) in [6.07, 6.45) is 9.69. The quantitative estimate of drug-likeness (QED) is 0.0152. The predicted octanol–water partition coefficient (Wildman–Crippen LogP) is 12.1. The maximum atomic E-state index is 11.7. The van der Waals surface area contributed by atoms with Crippen molar-refractivity contribution in [2.24, 2.45) is 5.92 Å². The van der Waals surface area contributed by atoms with E-state index in [0.29, 0.717) is 19.1 Å². The largest absolute Gasteiger partial charge is 0.462 e. The van der Waals surface area contributed by atoms with Crippen molar-refractivity contribution in [3.05, 3.63) is 158 Å². The summed E-state index contributed by atoms with van der Waals surface area (Å²) in [7, 11) is 0. The molecule has 0 radical (unpaired) electrons. The molecule has 2 aromatic carbocycles. The molecule has 0 amide bonds. The van der Waals surface area contributed by atoms with Crippen LogP contribution in [0.5, 0.6) is 0 Å². The topological polar surface area (TPSA) is 325 Å². The second kappa shape index (κ2) is 52.0. The van der Waals surface area contributed by atoms with E-state index in [9.17, 15) is 57.5 Å². The molecule has 1 heterocycles. The average molecular weight is 1530 g/mol. The van der Waals surface area contributed by atoms with Crippen LogP contribution in [0.4, 0.5) is 0 Å². The summed E-state index contributed by atoms with van der Waals surface area (Å²) >= 11 is 32.0. The maximum Gasteiger partial charge on any atom is 0.349 e. The molecule has 0 N–H and O–H groups in total. The molecule has 1 saturated carbocycles. The summed E-state index contributed by atoms with van der Waals surface area (Å²) in [6.45, 7) is 35.9. The molecule has 1 saturated heterocycles. The molecular weight excluding hydrogens is 1440 g/mol. The van der Waals surface area contributed by atoms with Gasteiger partial charge in [0.2, 0.25) is 7.59 Å². The lowest BCUT2D eigenvalue weighted by atomic mass is 9.90. The predicted molar refractivity (Wildman–Crippen MR) is 371 cm³/mol. The third kappa shape index (κ3) is 46.3. The Hall–Kier alpha value is -8.04. The van der Waals surface area contributed by atoms with E-state index in [4.69, 9.17) is 98.0 Å². The van der Waals surface area contributed by atoms with Crippen LogP contribution in [0.3, 0.4) is 0 Å². The maximum absolute atomic E-state index is 11.7. The van der Waals surface area contributed by atoms with Gasteiger partial charge >= 0.3 is 71.6 Å². The third-order valence-electron chi connectivity index (χ3n) is 11.7. The highest BCUT2D eigenvalue weighted by Crippen LogP contribution is 2.28. The number of esters is 12. The van der Waals surface area contributed by atoms with Crippen molar-refractivity contribution in [3.8, 4) is 0 Å². The Balaban J connectivity index is 0. The third-order valence-corrected chi connectivity index (χ3v) is 12.3. The van der Waals surface area contributed by atoms with Gasteiger partial charge in [0, 0.05) is 6.61 Å². The van der Waals surface area contributed by atoms with E-state index in [0.717, 1.165) is 49.5 Å². The highest BCUT2D eigenvalue weighted by molar-refractivity contribution is 6.68. The van der Waals surface area contributed by atoms with Crippen LogP contribution in [0.15, 0.2) is 146 Å². The fourth-order valence-electron chi connectivity index (χ4n) is 6.78. The first-order chi connectivity index (χ1) is 46.8. The first-order valence-electron chi connectivity index (χ1n) is 30.5. The summed E-state index contributed by atoms with van der Waals surface area (Å²) in [5.74, 6) is -9.24. The van der Waals surface area contributed by atoms with Gasteiger partial charge in [-0.3, -0.25) is 0 Å². The standard InChI is InChI=1S/C18H16O4.C13H20O4.C12H18O5.C10H16O4.C8H6Cl6O4.C8H10O4/c1-14(17(19)21-12-15-8-4-2-5-9-15)18(20)22-13-16-10-6-3-7-11-16;1-3-16-12(14)10(2)13(15)17-9-11-7-5-4-6-8-11;1-3-15-11(13)9(2)12(14)17-8-10-6-4-5-7-16-10;1-6-13-8(11)7(2)9(12)14-10(3,4)5;1-4(5(15)17-2-7(9,10)11)6(16)18-3-8(12,13)14;1-4-11-7(9)6(3)8(10)12-5-2/h2-11H,1,12-13H2;11H,2-9H2,1H3;10H,2-8H2,1H3;2,6H2,1,3-5H3;1-3H2;4H,1,3,5H2,2H3. The van der Waals surface area contributed by atoms with E-state index < -0.39 is 104 Å². The van der Waals surface area contributed by atoms with Crippen LogP contribution in [0, 0.1) is 5.92 Å². The molecule has 31 heteroatoms. The normalized spacial score (nSPS) is 12.9. The number of hydrogen-bond acceptors (Lipinski definition) is 25. The van der Waals surface area contributed by atoms with Gasteiger partial charge in [-0.25, -0.2) is 57.5 Å². The zero-order chi connectivity index (χ0) is 76.6. The van der Waals surface area contributed by atoms with Crippen LogP contribution >= 0.6 is 69.6 Å². The van der Waals surface area contributed by atoms with Crippen LogP contribution in [-0.4, -0.2) is 150 Å².